The minimum atomic E-state index is -3.22. The fourth-order valence-electron chi connectivity index (χ4n) is 2.39. The van der Waals surface area contributed by atoms with Crippen LogP contribution in [0.15, 0.2) is 18.3 Å². The molecule has 0 aromatic carbocycles. The van der Waals surface area contributed by atoms with Crippen LogP contribution in [-0.4, -0.2) is 43.0 Å². The molecule has 1 saturated heterocycles. The number of carbonyl (C=O) groups excluding carboxylic acids is 1. The molecule has 1 fully saturated rings. The third kappa shape index (κ3) is 4.50. The van der Waals surface area contributed by atoms with E-state index in [0.717, 1.165) is 24.1 Å². The molecule has 1 N–H and O–H groups in total. The number of amides is 1. The van der Waals surface area contributed by atoms with Gasteiger partial charge in [-0.05, 0) is 31.4 Å². The van der Waals surface area contributed by atoms with E-state index in [0.29, 0.717) is 13.1 Å². The molecule has 0 aliphatic carbocycles. The van der Waals surface area contributed by atoms with E-state index in [4.69, 9.17) is 0 Å². The van der Waals surface area contributed by atoms with E-state index >= 15 is 0 Å². The largest absolute Gasteiger partial charge is 0.352 e. The highest BCUT2D eigenvalue weighted by Crippen LogP contribution is 2.18. The lowest BCUT2D eigenvalue weighted by Crippen LogP contribution is -2.44. The number of nitrogens with zero attached hydrogens (tertiary/aromatic N) is 2. The molecule has 7 heteroatoms. The van der Waals surface area contributed by atoms with E-state index in [1.54, 1.807) is 6.20 Å². The maximum Gasteiger partial charge on any atom is 0.224 e. The number of aromatic nitrogens is 1. The zero-order valence-electron chi connectivity index (χ0n) is 12.4. The predicted molar refractivity (Wildman–Crippen MR) is 80.0 cm³/mol. The fraction of sp³-hybridized carbons (Fsp3) is 0.571. The molecule has 1 aliphatic heterocycles. The number of rotatable bonds is 4. The standard InChI is InChI=1S/C14H21N3O3S/c1-11-5-6-12(8-15-11)9-16-14(18)13-4-3-7-17(10-13)21(2,19)20/h5-6,8,13H,3-4,7,9-10H2,1-2H3,(H,16,18)/t13-/m0/s1. The summed E-state index contributed by atoms with van der Waals surface area (Å²) in [7, 11) is -3.22. The molecule has 21 heavy (non-hydrogen) atoms. The molecule has 116 valence electrons. The Morgan fingerprint density at radius 2 is 2.24 bits per heavy atom. The minimum absolute atomic E-state index is 0.0936. The Kier molecular flexibility index (Phi) is 4.95. The predicted octanol–water partition coefficient (Wildman–Crippen LogP) is 0.678. The third-order valence-corrected chi connectivity index (χ3v) is 4.93. The van der Waals surface area contributed by atoms with Crippen LogP contribution in [0.1, 0.15) is 24.1 Å². The van der Waals surface area contributed by atoms with Crippen LogP contribution in [0.4, 0.5) is 0 Å². The third-order valence-electron chi connectivity index (χ3n) is 3.66. The second-order valence-electron chi connectivity index (χ2n) is 5.49. The average molecular weight is 311 g/mol. The Morgan fingerprint density at radius 3 is 2.86 bits per heavy atom. The Morgan fingerprint density at radius 1 is 1.48 bits per heavy atom. The van der Waals surface area contributed by atoms with Crippen molar-refractivity contribution < 1.29 is 13.2 Å². The van der Waals surface area contributed by atoms with Crippen molar-refractivity contribution in [2.45, 2.75) is 26.3 Å². The maximum absolute atomic E-state index is 12.2. The van der Waals surface area contributed by atoms with Gasteiger partial charge in [-0.3, -0.25) is 9.78 Å². The van der Waals surface area contributed by atoms with E-state index < -0.39 is 10.0 Å². The van der Waals surface area contributed by atoms with Crippen molar-refractivity contribution in [1.29, 1.82) is 0 Å². The number of piperidine rings is 1. The summed E-state index contributed by atoms with van der Waals surface area (Å²) in [6.45, 7) is 3.10. The second-order valence-corrected chi connectivity index (χ2v) is 7.47. The molecule has 1 aromatic rings. The molecule has 0 spiro atoms. The van der Waals surface area contributed by atoms with Gasteiger partial charge in [-0.1, -0.05) is 6.07 Å². The SMILES string of the molecule is Cc1ccc(CNC(=O)[C@H]2CCCN(S(C)(=O)=O)C2)cn1. The van der Waals surface area contributed by atoms with Gasteiger partial charge in [0.05, 0.1) is 12.2 Å². The number of carbonyl (C=O) groups is 1. The lowest BCUT2D eigenvalue weighted by Gasteiger charge is -2.30. The number of sulfonamides is 1. The van der Waals surface area contributed by atoms with Crippen LogP contribution in [-0.2, 0) is 21.4 Å². The molecule has 1 aromatic heterocycles. The first-order chi connectivity index (χ1) is 9.86. The van der Waals surface area contributed by atoms with Crippen molar-refractivity contribution >= 4 is 15.9 Å². The van der Waals surface area contributed by atoms with E-state index in [-0.39, 0.29) is 18.4 Å². The topological polar surface area (TPSA) is 79.4 Å². The zero-order chi connectivity index (χ0) is 15.5. The molecule has 0 saturated carbocycles. The van der Waals surface area contributed by atoms with Gasteiger partial charge < -0.3 is 5.32 Å². The van der Waals surface area contributed by atoms with Crippen molar-refractivity contribution in [1.82, 2.24) is 14.6 Å². The van der Waals surface area contributed by atoms with Crippen molar-refractivity contribution in [3.8, 4) is 0 Å². The van der Waals surface area contributed by atoms with E-state index in [1.165, 1.54) is 10.6 Å². The van der Waals surface area contributed by atoms with E-state index in [9.17, 15) is 13.2 Å². The normalized spacial score (nSPS) is 20.2. The van der Waals surface area contributed by atoms with Crippen LogP contribution in [0.5, 0.6) is 0 Å². The zero-order valence-corrected chi connectivity index (χ0v) is 13.2. The van der Waals surface area contributed by atoms with Gasteiger partial charge in [0.15, 0.2) is 0 Å². The fourth-order valence-corrected chi connectivity index (χ4v) is 3.31. The number of aryl methyl sites for hydroxylation is 1. The van der Waals surface area contributed by atoms with Gasteiger partial charge in [0.25, 0.3) is 0 Å². The van der Waals surface area contributed by atoms with Gasteiger partial charge in [0.2, 0.25) is 15.9 Å². The molecule has 0 bridgehead atoms. The number of hydrogen-bond donors (Lipinski definition) is 1. The summed E-state index contributed by atoms with van der Waals surface area (Å²) in [4.78, 5) is 16.3. The number of hydrogen-bond acceptors (Lipinski definition) is 4. The Balaban J connectivity index is 1.89. The molecule has 1 atom stereocenters. The van der Waals surface area contributed by atoms with Gasteiger partial charge in [0.1, 0.15) is 0 Å². The van der Waals surface area contributed by atoms with Crippen LogP contribution in [0.3, 0.4) is 0 Å². The molecule has 6 nitrogen and oxygen atoms in total. The summed E-state index contributed by atoms with van der Waals surface area (Å²) in [6, 6.07) is 3.82. The highest BCUT2D eigenvalue weighted by Gasteiger charge is 2.29. The van der Waals surface area contributed by atoms with Gasteiger partial charge >= 0.3 is 0 Å². The van der Waals surface area contributed by atoms with Crippen LogP contribution < -0.4 is 5.32 Å². The van der Waals surface area contributed by atoms with Crippen molar-refractivity contribution in [3.63, 3.8) is 0 Å². The summed E-state index contributed by atoms with van der Waals surface area (Å²) in [5.41, 5.74) is 1.87. The van der Waals surface area contributed by atoms with Crippen molar-refractivity contribution in [2.24, 2.45) is 5.92 Å². The highest BCUT2D eigenvalue weighted by atomic mass is 32.2. The smallest absolute Gasteiger partial charge is 0.224 e. The minimum Gasteiger partial charge on any atom is -0.352 e. The molecule has 2 heterocycles. The summed E-state index contributed by atoms with van der Waals surface area (Å²) in [6.07, 6.45) is 4.37. The van der Waals surface area contributed by atoms with Crippen molar-refractivity contribution in [2.75, 3.05) is 19.3 Å². The quantitative estimate of drug-likeness (QED) is 0.887. The monoisotopic (exact) mass is 311 g/mol. The van der Waals surface area contributed by atoms with Gasteiger partial charge in [-0.2, -0.15) is 0 Å². The average Bonchev–Trinajstić information content (AvgIpc) is 2.45. The number of nitrogens with one attached hydrogen (secondary N) is 1. The lowest BCUT2D eigenvalue weighted by atomic mass is 9.99. The Labute approximate surface area is 125 Å². The van der Waals surface area contributed by atoms with Crippen molar-refractivity contribution in [3.05, 3.63) is 29.6 Å². The molecule has 2 rings (SSSR count). The van der Waals surface area contributed by atoms with Gasteiger partial charge in [-0.25, -0.2) is 12.7 Å². The highest BCUT2D eigenvalue weighted by molar-refractivity contribution is 7.88. The Bertz CT molecular complexity index is 598. The molecule has 0 radical (unpaired) electrons. The molecule has 1 aliphatic rings. The first-order valence-corrected chi connectivity index (χ1v) is 8.85. The second kappa shape index (κ2) is 6.53. The molecule has 1 amide bonds. The van der Waals surface area contributed by atoms with Crippen LogP contribution in [0.2, 0.25) is 0 Å². The summed E-state index contributed by atoms with van der Waals surface area (Å²) < 4.78 is 24.5. The maximum atomic E-state index is 12.2. The summed E-state index contributed by atoms with van der Waals surface area (Å²) in [5, 5.41) is 2.86. The van der Waals surface area contributed by atoms with Gasteiger partial charge in [-0.15, -0.1) is 0 Å². The first kappa shape index (κ1) is 15.9. The Hall–Kier alpha value is -1.47. The van der Waals surface area contributed by atoms with Crippen LogP contribution in [0.25, 0.3) is 0 Å². The van der Waals surface area contributed by atoms with Crippen LogP contribution >= 0.6 is 0 Å². The number of pyridine rings is 1. The van der Waals surface area contributed by atoms with E-state index in [1.807, 2.05) is 19.1 Å². The van der Waals surface area contributed by atoms with Gasteiger partial charge in [0, 0.05) is 31.5 Å². The molecular formula is C14H21N3O3S. The lowest BCUT2D eigenvalue weighted by molar-refractivity contribution is -0.126. The molecule has 0 unspecified atom stereocenters. The summed E-state index contributed by atoms with van der Waals surface area (Å²) >= 11 is 0. The van der Waals surface area contributed by atoms with Crippen LogP contribution in [0, 0.1) is 12.8 Å². The molecular weight excluding hydrogens is 290 g/mol. The first-order valence-electron chi connectivity index (χ1n) is 7.00. The van der Waals surface area contributed by atoms with E-state index in [2.05, 4.69) is 10.3 Å². The summed E-state index contributed by atoms with van der Waals surface area (Å²) in [5.74, 6) is -0.365.